The molecule has 2 aliphatic heterocycles. The summed E-state index contributed by atoms with van der Waals surface area (Å²) in [6.07, 6.45) is 4.46. The first-order valence-electron chi connectivity index (χ1n) is 7.06. The largest absolute Gasteiger partial charge is 0.381 e. The van der Waals surface area contributed by atoms with Gasteiger partial charge in [-0.2, -0.15) is 4.98 Å². The molecule has 0 spiro atoms. The molecule has 0 radical (unpaired) electrons. The van der Waals surface area contributed by atoms with Gasteiger partial charge in [0.25, 0.3) is 0 Å². The van der Waals surface area contributed by atoms with Gasteiger partial charge in [-0.3, -0.25) is 5.32 Å². The quantitative estimate of drug-likeness (QED) is 0.852. The van der Waals surface area contributed by atoms with Crippen LogP contribution in [0.1, 0.15) is 47.9 Å². The third-order valence-electron chi connectivity index (χ3n) is 4.07. The highest BCUT2D eigenvalue weighted by molar-refractivity contribution is 5.17. The number of aromatic amines is 1. The van der Waals surface area contributed by atoms with E-state index >= 15 is 0 Å². The molecular weight excluding hydrogens is 258 g/mol. The van der Waals surface area contributed by atoms with Crippen molar-refractivity contribution in [2.45, 2.75) is 37.8 Å². The van der Waals surface area contributed by atoms with Crippen LogP contribution in [0, 0.1) is 0 Å². The Kier molecular flexibility index (Phi) is 3.00. The van der Waals surface area contributed by atoms with E-state index in [9.17, 15) is 0 Å². The Morgan fingerprint density at radius 3 is 3.05 bits per heavy atom. The zero-order valence-corrected chi connectivity index (χ0v) is 11.1. The second kappa shape index (κ2) is 4.99. The molecular formula is C13H17N5O2. The standard InChI is InChI=1S/C13H17N5O2/c1-3-19-4-2-8(1)12-17-13(20-18-12)10-5-9-11(6-14-10)16-7-15-9/h7-8,10,14H,1-6H2,(H,15,16). The summed E-state index contributed by atoms with van der Waals surface area (Å²) >= 11 is 0. The van der Waals surface area contributed by atoms with E-state index in [4.69, 9.17) is 9.26 Å². The number of hydrogen-bond donors (Lipinski definition) is 2. The SMILES string of the molecule is c1nc2c([nH]1)CNC(c1nc(C3CCOCC3)no1)C2. The number of fused-ring (bicyclic) bond motifs is 1. The lowest BCUT2D eigenvalue weighted by Gasteiger charge is -2.20. The summed E-state index contributed by atoms with van der Waals surface area (Å²) in [6.45, 7) is 2.33. The maximum atomic E-state index is 5.45. The van der Waals surface area contributed by atoms with Crippen molar-refractivity contribution >= 4 is 0 Å². The average molecular weight is 275 g/mol. The Morgan fingerprint density at radius 2 is 2.15 bits per heavy atom. The van der Waals surface area contributed by atoms with Gasteiger partial charge in [0.05, 0.1) is 23.8 Å². The summed E-state index contributed by atoms with van der Waals surface area (Å²) in [7, 11) is 0. The maximum Gasteiger partial charge on any atom is 0.244 e. The van der Waals surface area contributed by atoms with E-state index in [2.05, 4.69) is 25.4 Å². The number of hydrogen-bond acceptors (Lipinski definition) is 6. The molecule has 2 aromatic rings. The van der Waals surface area contributed by atoms with Gasteiger partial charge < -0.3 is 14.2 Å². The number of nitrogens with zero attached hydrogens (tertiary/aromatic N) is 3. The zero-order valence-electron chi connectivity index (χ0n) is 11.1. The summed E-state index contributed by atoms with van der Waals surface area (Å²) in [5, 5.41) is 7.55. The first-order chi connectivity index (χ1) is 9.90. The fraction of sp³-hybridized carbons (Fsp3) is 0.615. The van der Waals surface area contributed by atoms with E-state index in [1.807, 2.05) is 0 Å². The Morgan fingerprint density at radius 1 is 1.25 bits per heavy atom. The first kappa shape index (κ1) is 12.0. The zero-order chi connectivity index (χ0) is 13.4. The number of rotatable bonds is 2. The number of aromatic nitrogens is 4. The van der Waals surface area contributed by atoms with Crippen LogP contribution in [-0.4, -0.2) is 33.3 Å². The fourth-order valence-corrected chi connectivity index (χ4v) is 2.85. The van der Waals surface area contributed by atoms with Gasteiger partial charge in [0.1, 0.15) is 0 Å². The molecule has 106 valence electrons. The second-order valence-electron chi connectivity index (χ2n) is 5.34. The van der Waals surface area contributed by atoms with Crippen molar-refractivity contribution in [2.75, 3.05) is 13.2 Å². The molecule has 1 atom stereocenters. The maximum absolute atomic E-state index is 5.45. The molecule has 1 saturated heterocycles. The summed E-state index contributed by atoms with van der Waals surface area (Å²) in [5.74, 6) is 1.85. The van der Waals surface area contributed by atoms with Gasteiger partial charge in [0, 0.05) is 32.1 Å². The van der Waals surface area contributed by atoms with E-state index in [1.165, 1.54) is 0 Å². The lowest BCUT2D eigenvalue weighted by atomic mass is 10.00. The molecule has 1 fully saturated rings. The molecule has 0 saturated carbocycles. The van der Waals surface area contributed by atoms with Gasteiger partial charge in [0.15, 0.2) is 5.82 Å². The van der Waals surface area contributed by atoms with Crippen LogP contribution in [-0.2, 0) is 17.7 Å². The smallest absolute Gasteiger partial charge is 0.244 e. The highest BCUT2D eigenvalue weighted by atomic mass is 16.5. The summed E-state index contributed by atoms with van der Waals surface area (Å²) in [5.41, 5.74) is 2.23. The molecule has 2 aliphatic rings. The first-order valence-corrected chi connectivity index (χ1v) is 7.06. The van der Waals surface area contributed by atoms with Crippen molar-refractivity contribution < 1.29 is 9.26 Å². The van der Waals surface area contributed by atoms with Crippen LogP contribution >= 0.6 is 0 Å². The van der Waals surface area contributed by atoms with Gasteiger partial charge in [-0.15, -0.1) is 0 Å². The molecule has 20 heavy (non-hydrogen) atoms. The van der Waals surface area contributed by atoms with Crippen molar-refractivity contribution in [1.29, 1.82) is 0 Å². The number of nitrogens with one attached hydrogen (secondary N) is 2. The van der Waals surface area contributed by atoms with E-state index in [-0.39, 0.29) is 6.04 Å². The monoisotopic (exact) mass is 275 g/mol. The molecule has 1 unspecified atom stereocenters. The number of H-pyrrole nitrogens is 1. The van der Waals surface area contributed by atoms with Crippen LogP contribution in [0.2, 0.25) is 0 Å². The minimum absolute atomic E-state index is 0.0619. The fourth-order valence-electron chi connectivity index (χ4n) is 2.85. The minimum atomic E-state index is 0.0619. The van der Waals surface area contributed by atoms with Crippen LogP contribution in [0.3, 0.4) is 0 Å². The molecule has 7 nitrogen and oxygen atoms in total. The molecule has 4 rings (SSSR count). The lowest BCUT2D eigenvalue weighted by molar-refractivity contribution is 0.0830. The highest BCUT2D eigenvalue weighted by Gasteiger charge is 2.28. The molecule has 2 N–H and O–H groups in total. The van der Waals surface area contributed by atoms with E-state index in [0.717, 1.165) is 56.2 Å². The number of ether oxygens (including phenoxy) is 1. The predicted molar refractivity (Wildman–Crippen MR) is 69.0 cm³/mol. The summed E-state index contributed by atoms with van der Waals surface area (Å²) in [6, 6.07) is 0.0619. The third-order valence-corrected chi connectivity index (χ3v) is 4.07. The topological polar surface area (TPSA) is 88.9 Å². The van der Waals surface area contributed by atoms with E-state index in [1.54, 1.807) is 6.33 Å². The van der Waals surface area contributed by atoms with E-state index in [0.29, 0.717) is 11.8 Å². The lowest BCUT2D eigenvalue weighted by Crippen LogP contribution is -2.29. The minimum Gasteiger partial charge on any atom is -0.381 e. The van der Waals surface area contributed by atoms with Crippen LogP contribution < -0.4 is 5.32 Å². The van der Waals surface area contributed by atoms with Crippen LogP contribution in [0.25, 0.3) is 0 Å². The molecule has 0 aliphatic carbocycles. The van der Waals surface area contributed by atoms with Crippen LogP contribution in [0.15, 0.2) is 10.9 Å². The van der Waals surface area contributed by atoms with Crippen molar-refractivity contribution in [3.05, 3.63) is 29.4 Å². The van der Waals surface area contributed by atoms with Gasteiger partial charge in [-0.1, -0.05) is 5.16 Å². The normalized spacial score (nSPS) is 23.7. The molecule has 2 aromatic heterocycles. The average Bonchev–Trinajstić information content (AvgIpc) is 3.16. The van der Waals surface area contributed by atoms with Gasteiger partial charge in [-0.25, -0.2) is 4.98 Å². The van der Waals surface area contributed by atoms with Crippen LogP contribution in [0.4, 0.5) is 0 Å². The second-order valence-corrected chi connectivity index (χ2v) is 5.34. The van der Waals surface area contributed by atoms with Gasteiger partial charge in [-0.05, 0) is 12.8 Å². The van der Waals surface area contributed by atoms with Crippen LogP contribution in [0.5, 0.6) is 0 Å². The Hall–Kier alpha value is -1.73. The van der Waals surface area contributed by atoms with Gasteiger partial charge in [0.2, 0.25) is 5.89 Å². The van der Waals surface area contributed by atoms with Crippen molar-refractivity contribution in [2.24, 2.45) is 0 Å². The summed E-state index contributed by atoms with van der Waals surface area (Å²) in [4.78, 5) is 12.0. The molecule has 0 amide bonds. The predicted octanol–water partition coefficient (Wildman–Crippen LogP) is 1.07. The van der Waals surface area contributed by atoms with Gasteiger partial charge >= 0.3 is 0 Å². The molecule has 0 bridgehead atoms. The Bertz CT molecular complexity index is 587. The summed E-state index contributed by atoms with van der Waals surface area (Å²) < 4.78 is 10.8. The van der Waals surface area contributed by atoms with E-state index < -0.39 is 0 Å². The Labute approximate surface area is 116 Å². The molecule has 7 heteroatoms. The Balaban J connectivity index is 1.51. The molecule has 4 heterocycles. The number of imidazole rings is 1. The van der Waals surface area contributed by atoms with Crippen molar-refractivity contribution in [3.63, 3.8) is 0 Å². The van der Waals surface area contributed by atoms with Crippen molar-refractivity contribution in [1.82, 2.24) is 25.4 Å². The molecule has 0 aromatic carbocycles. The third kappa shape index (κ3) is 2.12. The van der Waals surface area contributed by atoms with Crippen molar-refractivity contribution in [3.8, 4) is 0 Å². The highest BCUT2D eigenvalue weighted by Crippen LogP contribution is 2.27.